The molecule has 0 heterocycles. The molecule has 0 saturated carbocycles. The number of benzene rings is 1. The molecule has 15 heavy (non-hydrogen) atoms. The first-order valence-electron chi connectivity index (χ1n) is 5.31. The number of hydrogen-bond acceptors (Lipinski definition) is 1. The predicted molar refractivity (Wildman–Crippen MR) is 64.8 cm³/mol. The largest absolute Gasteiger partial charge is 0.380 e. The third-order valence-electron chi connectivity index (χ3n) is 2.81. The van der Waals surface area contributed by atoms with Gasteiger partial charge in [-0.1, -0.05) is 42.0 Å². The van der Waals surface area contributed by atoms with Crippen LogP contribution in [0.4, 0.5) is 0 Å². The molecule has 1 aliphatic rings. The van der Waals surface area contributed by atoms with Gasteiger partial charge in [-0.25, -0.2) is 0 Å². The summed E-state index contributed by atoms with van der Waals surface area (Å²) < 4.78 is 0. The van der Waals surface area contributed by atoms with Crippen molar-refractivity contribution >= 4 is 0 Å². The molecule has 2 rings (SSSR count). The Hall–Kier alpha value is -1.50. The highest BCUT2D eigenvalue weighted by molar-refractivity contribution is 5.41. The van der Waals surface area contributed by atoms with Crippen LogP contribution in [0.2, 0.25) is 0 Å². The number of allylic oxidation sites excluding steroid dienone is 3. The SMILES string of the molecule is Cc1cccc(C2C=CC=C2N(C)C)c1. The summed E-state index contributed by atoms with van der Waals surface area (Å²) in [5.41, 5.74) is 4.07. The smallest absolute Gasteiger partial charge is 0.0422 e. The molecule has 1 nitrogen and oxygen atoms in total. The molecule has 0 amide bonds. The summed E-state index contributed by atoms with van der Waals surface area (Å²) in [5.74, 6) is 0.430. The molecule has 0 bridgehead atoms. The van der Waals surface area contributed by atoms with Crippen molar-refractivity contribution in [1.29, 1.82) is 0 Å². The van der Waals surface area contributed by atoms with Crippen LogP contribution >= 0.6 is 0 Å². The van der Waals surface area contributed by atoms with Crippen molar-refractivity contribution in [3.05, 3.63) is 59.3 Å². The monoisotopic (exact) mass is 199 g/mol. The van der Waals surface area contributed by atoms with Gasteiger partial charge in [0.2, 0.25) is 0 Å². The van der Waals surface area contributed by atoms with Crippen molar-refractivity contribution in [3.63, 3.8) is 0 Å². The molecule has 0 spiro atoms. The average molecular weight is 199 g/mol. The Morgan fingerprint density at radius 1 is 1.20 bits per heavy atom. The van der Waals surface area contributed by atoms with Crippen LogP contribution in [0, 0.1) is 6.92 Å². The number of aryl methyl sites for hydroxylation is 1. The summed E-state index contributed by atoms with van der Waals surface area (Å²) in [6, 6.07) is 8.73. The maximum Gasteiger partial charge on any atom is 0.0422 e. The van der Waals surface area contributed by atoms with Crippen molar-refractivity contribution in [3.8, 4) is 0 Å². The lowest BCUT2D eigenvalue weighted by molar-refractivity contribution is 0.487. The minimum absolute atomic E-state index is 0.430. The second-order valence-corrected chi connectivity index (χ2v) is 4.26. The predicted octanol–water partition coefficient (Wildman–Crippen LogP) is 3.09. The standard InChI is InChI=1S/C14H17N/c1-11-6-4-7-12(10-11)13-8-5-9-14(13)15(2)3/h4-10,13H,1-3H3. The van der Waals surface area contributed by atoms with Crippen LogP contribution in [0.15, 0.2) is 48.2 Å². The Morgan fingerprint density at radius 3 is 2.67 bits per heavy atom. The Labute approximate surface area is 91.7 Å². The van der Waals surface area contributed by atoms with E-state index in [1.54, 1.807) is 0 Å². The molecule has 0 fully saturated rings. The fourth-order valence-corrected chi connectivity index (χ4v) is 2.04. The summed E-state index contributed by atoms with van der Waals surface area (Å²) in [4.78, 5) is 2.19. The van der Waals surface area contributed by atoms with Gasteiger partial charge < -0.3 is 4.90 Å². The van der Waals surface area contributed by atoms with Gasteiger partial charge in [-0.05, 0) is 18.6 Å². The zero-order valence-corrected chi connectivity index (χ0v) is 9.57. The van der Waals surface area contributed by atoms with E-state index in [-0.39, 0.29) is 0 Å². The van der Waals surface area contributed by atoms with Crippen molar-refractivity contribution in [1.82, 2.24) is 4.90 Å². The van der Waals surface area contributed by atoms with Gasteiger partial charge in [-0.3, -0.25) is 0 Å². The normalized spacial score (nSPS) is 19.1. The first-order valence-corrected chi connectivity index (χ1v) is 5.31. The first kappa shape index (κ1) is 10.0. The maximum atomic E-state index is 2.26. The van der Waals surface area contributed by atoms with Gasteiger partial charge in [0.25, 0.3) is 0 Å². The van der Waals surface area contributed by atoms with Crippen molar-refractivity contribution < 1.29 is 0 Å². The summed E-state index contributed by atoms with van der Waals surface area (Å²) in [5, 5.41) is 0. The zero-order chi connectivity index (χ0) is 10.8. The third-order valence-corrected chi connectivity index (χ3v) is 2.81. The average Bonchev–Trinajstić information content (AvgIpc) is 2.65. The van der Waals surface area contributed by atoms with Crippen molar-refractivity contribution in [2.75, 3.05) is 14.1 Å². The topological polar surface area (TPSA) is 3.24 Å². The Morgan fingerprint density at radius 2 is 2.00 bits per heavy atom. The van der Waals surface area contributed by atoms with Crippen LogP contribution in [0.25, 0.3) is 0 Å². The van der Waals surface area contributed by atoms with Gasteiger partial charge in [0.15, 0.2) is 0 Å². The minimum Gasteiger partial charge on any atom is -0.380 e. The van der Waals surface area contributed by atoms with Gasteiger partial charge in [-0.15, -0.1) is 0 Å². The highest BCUT2D eigenvalue weighted by atomic mass is 15.1. The van der Waals surface area contributed by atoms with Crippen LogP contribution in [-0.2, 0) is 0 Å². The van der Waals surface area contributed by atoms with Gasteiger partial charge >= 0.3 is 0 Å². The number of likely N-dealkylation sites (N-methyl/N-ethyl adjacent to an activating group) is 1. The summed E-state index contributed by atoms with van der Waals surface area (Å²) in [6.07, 6.45) is 6.58. The lowest BCUT2D eigenvalue weighted by Gasteiger charge is -2.22. The highest BCUT2D eigenvalue weighted by Crippen LogP contribution is 2.31. The van der Waals surface area contributed by atoms with Crippen LogP contribution < -0.4 is 0 Å². The Bertz CT molecular complexity index is 413. The van der Waals surface area contributed by atoms with Gasteiger partial charge in [-0.2, -0.15) is 0 Å². The maximum absolute atomic E-state index is 2.26. The second kappa shape index (κ2) is 3.93. The molecule has 1 aromatic carbocycles. The molecule has 1 heteroatoms. The molecule has 0 N–H and O–H groups in total. The molecular weight excluding hydrogens is 182 g/mol. The first-order chi connectivity index (χ1) is 7.18. The Kier molecular flexibility index (Phi) is 2.63. The fraction of sp³-hybridized carbons (Fsp3) is 0.286. The van der Waals surface area contributed by atoms with E-state index in [2.05, 4.69) is 68.4 Å². The molecule has 1 unspecified atom stereocenters. The zero-order valence-electron chi connectivity index (χ0n) is 9.57. The van der Waals surface area contributed by atoms with E-state index >= 15 is 0 Å². The van der Waals surface area contributed by atoms with E-state index < -0.39 is 0 Å². The van der Waals surface area contributed by atoms with E-state index in [1.807, 2.05) is 0 Å². The molecule has 1 aromatic rings. The number of hydrogen-bond donors (Lipinski definition) is 0. The minimum atomic E-state index is 0.430. The molecule has 0 saturated heterocycles. The summed E-state index contributed by atoms with van der Waals surface area (Å²) in [6.45, 7) is 2.14. The van der Waals surface area contributed by atoms with E-state index in [9.17, 15) is 0 Å². The highest BCUT2D eigenvalue weighted by Gasteiger charge is 2.18. The molecular formula is C14H17N. The Balaban J connectivity index is 2.32. The fourth-order valence-electron chi connectivity index (χ4n) is 2.04. The van der Waals surface area contributed by atoms with Gasteiger partial charge in [0.1, 0.15) is 0 Å². The van der Waals surface area contributed by atoms with Gasteiger partial charge in [0, 0.05) is 25.7 Å². The molecule has 0 aromatic heterocycles. The lowest BCUT2D eigenvalue weighted by Crippen LogP contribution is -2.15. The van der Waals surface area contributed by atoms with Crippen LogP contribution in [0.3, 0.4) is 0 Å². The van der Waals surface area contributed by atoms with E-state index in [4.69, 9.17) is 0 Å². The van der Waals surface area contributed by atoms with Crippen molar-refractivity contribution in [2.45, 2.75) is 12.8 Å². The lowest BCUT2D eigenvalue weighted by atomic mass is 9.96. The van der Waals surface area contributed by atoms with E-state index in [0.29, 0.717) is 5.92 Å². The summed E-state index contributed by atoms with van der Waals surface area (Å²) >= 11 is 0. The van der Waals surface area contributed by atoms with Crippen molar-refractivity contribution in [2.24, 2.45) is 0 Å². The van der Waals surface area contributed by atoms with E-state index in [0.717, 1.165) is 0 Å². The summed E-state index contributed by atoms with van der Waals surface area (Å²) in [7, 11) is 4.20. The number of rotatable bonds is 2. The van der Waals surface area contributed by atoms with E-state index in [1.165, 1.54) is 16.8 Å². The van der Waals surface area contributed by atoms with Crippen LogP contribution in [-0.4, -0.2) is 19.0 Å². The quantitative estimate of drug-likeness (QED) is 0.707. The van der Waals surface area contributed by atoms with Crippen LogP contribution in [0.1, 0.15) is 17.0 Å². The molecule has 0 radical (unpaired) electrons. The molecule has 78 valence electrons. The molecule has 1 aliphatic carbocycles. The second-order valence-electron chi connectivity index (χ2n) is 4.26. The van der Waals surface area contributed by atoms with Gasteiger partial charge in [0.05, 0.1) is 0 Å². The van der Waals surface area contributed by atoms with Crippen LogP contribution in [0.5, 0.6) is 0 Å². The third kappa shape index (κ3) is 1.96. The molecule has 1 atom stereocenters. The number of nitrogens with zero attached hydrogens (tertiary/aromatic N) is 1. The molecule has 0 aliphatic heterocycles.